The Morgan fingerprint density at radius 1 is 0.943 bits per heavy atom. The van der Waals surface area contributed by atoms with Crippen LogP contribution in [0.15, 0.2) is 48.5 Å². The molecule has 0 saturated carbocycles. The molecule has 0 bridgehead atoms. The zero-order valence-corrected chi connectivity index (χ0v) is 19.2. The van der Waals surface area contributed by atoms with Gasteiger partial charge in [0.1, 0.15) is 4.88 Å². The average molecular weight is 507 g/mol. The largest absolute Gasteiger partial charge is 0.465 e. The van der Waals surface area contributed by atoms with E-state index >= 15 is 0 Å². The summed E-state index contributed by atoms with van der Waals surface area (Å²) >= 11 is 1.00. The van der Waals surface area contributed by atoms with Gasteiger partial charge in [0.2, 0.25) is 5.91 Å². The van der Waals surface area contributed by atoms with Crippen LogP contribution in [-0.2, 0) is 30.4 Å². The molecule has 0 aliphatic rings. The number of aromatic nitrogens is 1. The molecule has 0 aliphatic carbocycles. The first kappa shape index (κ1) is 25.7. The van der Waals surface area contributed by atoms with Crippen molar-refractivity contribution < 1.29 is 32.7 Å². The van der Waals surface area contributed by atoms with Gasteiger partial charge in [-0.15, -0.1) is 0 Å². The lowest BCUT2D eigenvalue weighted by Crippen LogP contribution is -2.23. The Kier molecular flexibility index (Phi) is 8.07. The Morgan fingerprint density at radius 3 is 2.14 bits per heavy atom. The molecule has 4 N–H and O–H groups in total. The number of nitrogens with one attached hydrogen (secondary N) is 3. The van der Waals surface area contributed by atoms with Crippen LogP contribution < -0.4 is 16.0 Å². The van der Waals surface area contributed by atoms with Crippen molar-refractivity contribution in [3.8, 4) is 0 Å². The quantitative estimate of drug-likeness (QED) is 0.346. The number of halogens is 3. The maximum atomic E-state index is 12.8. The highest BCUT2D eigenvalue weighted by molar-refractivity contribution is 7.17. The third-order valence-electron chi connectivity index (χ3n) is 4.78. The molecule has 3 aromatic rings. The summed E-state index contributed by atoms with van der Waals surface area (Å²) in [6.45, 7) is 1.33. The lowest BCUT2D eigenvalue weighted by molar-refractivity contribution is -0.137. The molecule has 0 spiro atoms. The fourth-order valence-corrected chi connectivity index (χ4v) is 4.09. The first-order valence-electron chi connectivity index (χ1n) is 10.3. The molecule has 1 heterocycles. The SMILES string of the molecule is CC(=O)Nc1nc(CCc2ccc(NC(=O)O)cc2)c(C(=O)NCc2ccc(C(F)(F)F)cc2)s1. The second kappa shape index (κ2) is 11.0. The molecule has 12 heteroatoms. The molecular weight excluding hydrogens is 485 g/mol. The van der Waals surface area contributed by atoms with Crippen LogP contribution in [0.1, 0.15) is 39.0 Å². The van der Waals surface area contributed by atoms with Crippen LogP contribution in [0.25, 0.3) is 0 Å². The number of hydrogen-bond acceptors (Lipinski definition) is 5. The van der Waals surface area contributed by atoms with E-state index in [9.17, 15) is 27.6 Å². The highest BCUT2D eigenvalue weighted by atomic mass is 32.1. The summed E-state index contributed by atoms with van der Waals surface area (Å²) in [5.41, 5.74) is 1.48. The number of carboxylic acid groups (broad SMARTS) is 1. The minimum atomic E-state index is -4.44. The number of alkyl halides is 3. The van der Waals surface area contributed by atoms with Gasteiger partial charge in [-0.2, -0.15) is 13.2 Å². The van der Waals surface area contributed by atoms with E-state index in [-0.39, 0.29) is 22.5 Å². The molecule has 184 valence electrons. The van der Waals surface area contributed by atoms with Gasteiger partial charge in [0.15, 0.2) is 5.13 Å². The maximum Gasteiger partial charge on any atom is 0.416 e. The fourth-order valence-electron chi connectivity index (χ4n) is 3.12. The smallest absolute Gasteiger partial charge is 0.416 e. The number of benzene rings is 2. The van der Waals surface area contributed by atoms with Gasteiger partial charge in [0, 0.05) is 19.2 Å². The number of anilines is 2. The molecule has 0 fully saturated rings. The summed E-state index contributed by atoms with van der Waals surface area (Å²) in [7, 11) is 0. The van der Waals surface area contributed by atoms with Gasteiger partial charge in [-0.3, -0.25) is 14.9 Å². The lowest BCUT2D eigenvalue weighted by atomic mass is 10.1. The number of carbonyl (C=O) groups is 3. The van der Waals surface area contributed by atoms with E-state index in [4.69, 9.17) is 5.11 Å². The molecule has 35 heavy (non-hydrogen) atoms. The van der Waals surface area contributed by atoms with Gasteiger partial charge < -0.3 is 15.7 Å². The van der Waals surface area contributed by atoms with E-state index in [1.165, 1.54) is 19.1 Å². The van der Waals surface area contributed by atoms with Crippen LogP contribution in [-0.4, -0.2) is 28.0 Å². The zero-order chi connectivity index (χ0) is 25.6. The third-order valence-corrected chi connectivity index (χ3v) is 5.79. The zero-order valence-electron chi connectivity index (χ0n) is 18.4. The van der Waals surface area contributed by atoms with Crippen molar-refractivity contribution in [3.63, 3.8) is 0 Å². The van der Waals surface area contributed by atoms with E-state index in [1.54, 1.807) is 24.3 Å². The van der Waals surface area contributed by atoms with Crippen molar-refractivity contribution in [2.75, 3.05) is 10.6 Å². The number of rotatable bonds is 8. The Labute approximate surface area is 202 Å². The van der Waals surface area contributed by atoms with Crippen LogP contribution in [0.3, 0.4) is 0 Å². The number of aryl methyl sites for hydroxylation is 2. The topological polar surface area (TPSA) is 120 Å². The molecule has 0 saturated heterocycles. The predicted octanol–water partition coefficient (Wildman–Crippen LogP) is 4.93. The van der Waals surface area contributed by atoms with Crippen LogP contribution in [0, 0.1) is 0 Å². The van der Waals surface area contributed by atoms with Gasteiger partial charge in [0.25, 0.3) is 5.91 Å². The van der Waals surface area contributed by atoms with Gasteiger partial charge >= 0.3 is 12.3 Å². The number of amides is 3. The maximum absolute atomic E-state index is 12.8. The molecular formula is C23H21F3N4O4S. The summed E-state index contributed by atoms with van der Waals surface area (Å²) in [5, 5.41) is 16.5. The first-order chi connectivity index (χ1) is 16.5. The highest BCUT2D eigenvalue weighted by Crippen LogP contribution is 2.29. The first-order valence-corrected chi connectivity index (χ1v) is 11.1. The Morgan fingerprint density at radius 2 is 1.57 bits per heavy atom. The standard InChI is InChI=1S/C23H21F3N4O4S/c1-13(31)28-21-30-18(11-6-14-4-9-17(10-5-14)29-22(33)34)19(35-21)20(32)27-12-15-2-7-16(8-3-15)23(24,25)26/h2-5,7-10,29H,6,11-12H2,1H3,(H,27,32)(H,33,34)(H,28,30,31). The number of thiazole rings is 1. The summed E-state index contributed by atoms with van der Waals surface area (Å²) in [4.78, 5) is 39.6. The van der Waals surface area contributed by atoms with Crippen molar-refractivity contribution >= 4 is 40.1 Å². The molecule has 0 aliphatic heterocycles. The fraction of sp³-hybridized carbons (Fsp3) is 0.217. The van der Waals surface area contributed by atoms with Crippen molar-refractivity contribution in [2.45, 2.75) is 32.5 Å². The molecule has 3 rings (SSSR count). The number of carbonyl (C=O) groups excluding carboxylic acids is 2. The Balaban J connectivity index is 1.69. The minimum Gasteiger partial charge on any atom is -0.465 e. The van der Waals surface area contributed by atoms with E-state index in [1.807, 2.05) is 0 Å². The number of nitrogens with zero attached hydrogens (tertiary/aromatic N) is 1. The predicted molar refractivity (Wildman–Crippen MR) is 125 cm³/mol. The summed E-state index contributed by atoms with van der Waals surface area (Å²) < 4.78 is 38.2. The highest BCUT2D eigenvalue weighted by Gasteiger charge is 2.30. The van der Waals surface area contributed by atoms with E-state index in [2.05, 4.69) is 20.9 Å². The van der Waals surface area contributed by atoms with Crippen molar-refractivity contribution in [1.82, 2.24) is 10.3 Å². The normalized spacial score (nSPS) is 11.1. The van der Waals surface area contributed by atoms with Gasteiger partial charge in [-0.1, -0.05) is 35.6 Å². The number of hydrogen-bond donors (Lipinski definition) is 4. The second-order valence-corrected chi connectivity index (χ2v) is 8.48. The van der Waals surface area contributed by atoms with Gasteiger partial charge in [-0.25, -0.2) is 9.78 Å². The molecule has 3 amide bonds. The molecule has 2 aromatic carbocycles. The Hall–Kier alpha value is -3.93. The van der Waals surface area contributed by atoms with E-state index in [0.29, 0.717) is 29.8 Å². The minimum absolute atomic E-state index is 0.0157. The van der Waals surface area contributed by atoms with Crippen molar-refractivity contribution in [3.05, 3.63) is 75.8 Å². The van der Waals surface area contributed by atoms with Crippen LogP contribution in [0.2, 0.25) is 0 Å². The second-order valence-electron chi connectivity index (χ2n) is 7.48. The van der Waals surface area contributed by atoms with Crippen molar-refractivity contribution in [2.24, 2.45) is 0 Å². The lowest BCUT2D eigenvalue weighted by Gasteiger charge is -2.09. The van der Waals surface area contributed by atoms with Gasteiger partial charge in [0.05, 0.1) is 11.3 Å². The average Bonchev–Trinajstić information content (AvgIpc) is 3.18. The summed E-state index contributed by atoms with van der Waals surface area (Å²) in [6, 6.07) is 11.2. The van der Waals surface area contributed by atoms with E-state index < -0.39 is 23.7 Å². The third kappa shape index (κ3) is 7.54. The molecule has 0 atom stereocenters. The Bertz CT molecular complexity index is 1210. The monoisotopic (exact) mass is 506 g/mol. The molecule has 8 nitrogen and oxygen atoms in total. The molecule has 1 aromatic heterocycles. The van der Waals surface area contributed by atoms with Crippen LogP contribution in [0.4, 0.5) is 28.8 Å². The van der Waals surface area contributed by atoms with Crippen LogP contribution >= 0.6 is 11.3 Å². The molecule has 0 unspecified atom stereocenters. The van der Waals surface area contributed by atoms with Crippen LogP contribution in [0.5, 0.6) is 0 Å². The summed E-state index contributed by atoms with van der Waals surface area (Å²) in [6.07, 6.45) is -4.75. The van der Waals surface area contributed by atoms with E-state index in [0.717, 1.165) is 29.0 Å². The van der Waals surface area contributed by atoms with Gasteiger partial charge in [-0.05, 0) is 48.2 Å². The van der Waals surface area contributed by atoms with Crippen molar-refractivity contribution in [1.29, 1.82) is 0 Å². The summed E-state index contributed by atoms with van der Waals surface area (Å²) in [5.74, 6) is -0.807. The molecule has 0 radical (unpaired) electrons.